The second-order valence-electron chi connectivity index (χ2n) is 5.05. The van der Waals surface area contributed by atoms with E-state index < -0.39 is 0 Å². The highest BCUT2D eigenvalue weighted by Gasteiger charge is 2.13. The summed E-state index contributed by atoms with van der Waals surface area (Å²) < 4.78 is 5.52. The molecule has 16 heavy (non-hydrogen) atoms. The van der Waals surface area contributed by atoms with Crippen molar-refractivity contribution in [2.24, 2.45) is 11.8 Å². The molecule has 0 aromatic heterocycles. The third-order valence-corrected chi connectivity index (χ3v) is 3.14. The highest BCUT2D eigenvalue weighted by molar-refractivity contribution is 5.09. The van der Waals surface area contributed by atoms with Crippen LogP contribution in [0.5, 0.6) is 0 Å². The van der Waals surface area contributed by atoms with Gasteiger partial charge in [-0.1, -0.05) is 32.4 Å². The first-order valence-corrected chi connectivity index (χ1v) is 6.73. The van der Waals surface area contributed by atoms with Crippen molar-refractivity contribution < 1.29 is 4.74 Å². The number of rotatable bonds is 6. The van der Waals surface area contributed by atoms with Crippen LogP contribution in [0.1, 0.15) is 40.0 Å². The molecule has 0 aromatic rings. The van der Waals surface area contributed by atoms with Gasteiger partial charge >= 0.3 is 0 Å². The minimum Gasteiger partial charge on any atom is -0.381 e. The molecule has 1 unspecified atom stereocenters. The van der Waals surface area contributed by atoms with Crippen molar-refractivity contribution in [3.8, 4) is 0 Å². The first kappa shape index (κ1) is 13.7. The molecular formula is C14H27NO. The monoisotopic (exact) mass is 225 g/mol. The molecule has 2 nitrogen and oxygen atoms in total. The fourth-order valence-electron chi connectivity index (χ4n) is 2.06. The summed E-state index contributed by atoms with van der Waals surface area (Å²) in [6, 6.07) is 0. The maximum Gasteiger partial charge on any atom is 0.0528 e. The first-order chi connectivity index (χ1) is 7.74. The third kappa shape index (κ3) is 5.13. The summed E-state index contributed by atoms with van der Waals surface area (Å²) in [4.78, 5) is 0. The molecule has 0 spiro atoms. The van der Waals surface area contributed by atoms with Gasteiger partial charge in [-0.15, -0.1) is 0 Å². The Labute approximate surface area is 100 Å². The summed E-state index contributed by atoms with van der Waals surface area (Å²) in [6.45, 7) is 10.8. The second kappa shape index (κ2) is 7.86. The average Bonchev–Trinajstić information content (AvgIpc) is 2.29. The van der Waals surface area contributed by atoms with Gasteiger partial charge in [0.2, 0.25) is 0 Å². The third-order valence-electron chi connectivity index (χ3n) is 3.14. The largest absolute Gasteiger partial charge is 0.381 e. The van der Waals surface area contributed by atoms with E-state index in [-0.39, 0.29) is 0 Å². The van der Waals surface area contributed by atoms with Crippen molar-refractivity contribution in [3.63, 3.8) is 0 Å². The van der Waals surface area contributed by atoms with Crippen molar-refractivity contribution in [1.82, 2.24) is 5.32 Å². The van der Waals surface area contributed by atoms with Crippen LogP contribution in [0.3, 0.4) is 0 Å². The number of nitrogens with one attached hydrogen (secondary N) is 1. The van der Waals surface area contributed by atoms with Crippen LogP contribution in [-0.2, 0) is 4.74 Å². The van der Waals surface area contributed by atoms with Gasteiger partial charge in [0.05, 0.1) is 6.61 Å². The molecule has 0 amide bonds. The van der Waals surface area contributed by atoms with Crippen LogP contribution in [0.4, 0.5) is 0 Å². The Morgan fingerprint density at radius 3 is 2.88 bits per heavy atom. The summed E-state index contributed by atoms with van der Waals surface area (Å²) in [5.74, 6) is 1.29. The van der Waals surface area contributed by atoms with Gasteiger partial charge in [0, 0.05) is 19.1 Å². The molecule has 1 rings (SSSR count). The zero-order valence-corrected chi connectivity index (χ0v) is 11.1. The Bertz CT molecular complexity index is 205. The summed E-state index contributed by atoms with van der Waals surface area (Å²) in [6.07, 6.45) is 6.17. The Morgan fingerprint density at radius 1 is 1.50 bits per heavy atom. The highest BCUT2D eigenvalue weighted by Crippen LogP contribution is 2.19. The fourth-order valence-corrected chi connectivity index (χ4v) is 2.06. The van der Waals surface area contributed by atoms with Gasteiger partial charge in [-0.3, -0.25) is 0 Å². The molecule has 1 N–H and O–H groups in total. The number of ether oxygens (including phenoxy) is 1. The molecule has 1 aliphatic rings. The maximum atomic E-state index is 5.52. The van der Waals surface area contributed by atoms with E-state index in [1.54, 1.807) is 5.57 Å². The molecule has 1 saturated heterocycles. The predicted octanol–water partition coefficient (Wildman–Crippen LogP) is 3.00. The quantitative estimate of drug-likeness (QED) is 0.554. The zero-order valence-electron chi connectivity index (χ0n) is 11.1. The van der Waals surface area contributed by atoms with E-state index in [4.69, 9.17) is 4.74 Å². The number of hydrogen-bond donors (Lipinski definition) is 1. The van der Waals surface area contributed by atoms with E-state index in [9.17, 15) is 0 Å². The Hall–Kier alpha value is -0.340. The average molecular weight is 225 g/mol. The summed E-state index contributed by atoms with van der Waals surface area (Å²) in [5.41, 5.74) is 1.55. The van der Waals surface area contributed by atoms with Gasteiger partial charge in [-0.25, -0.2) is 0 Å². The lowest BCUT2D eigenvalue weighted by Gasteiger charge is -2.22. The van der Waals surface area contributed by atoms with Gasteiger partial charge in [0.1, 0.15) is 0 Å². The predicted molar refractivity (Wildman–Crippen MR) is 69.6 cm³/mol. The van der Waals surface area contributed by atoms with Crippen LogP contribution < -0.4 is 5.32 Å². The molecule has 0 radical (unpaired) electrons. The topological polar surface area (TPSA) is 21.3 Å². The van der Waals surface area contributed by atoms with Crippen LogP contribution in [0.2, 0.25) is 0 Å². The molecule has 1 atom stereocenters. The molecule has 2 heteroatoms. The fraction of sp³-hybridized carbons (Fsp3) is 0.857. The molecule has 0 aliphatic carbocycles. The van der Waals surface area contributed by atoms with Gasteiger partial charge in [0.15, 0.2) is 0 Å². The van der Waals surface area contributed by atoms with Crippen LogP contribution >= 0.6 is 0 Å². The molecule has 0 aromatic carbocycles. The van der Waals surface area contributed by atoms with Gasteiger partial charge < -0.3 is 10.1 Å². The summed E-state index contributed by atoms with van der Waals surface area (Å²) >= 11 is 0. The molecule has 94 valence electrons. The van der Waals surface area contributed by atoms with Crippen molar-refractivity contribution in [1.29, 1.82) is 0 Å². The van der Waals surface area contributed by atoms with E-state index in [1.807, 2.05) is 0 Å². The summed E-state index contributed by atoms with van der Waals surface area (Å²) in [7, 11) is 0. The standard InChI is InChI=1S/C14H27NO/c1-4-7-15-10-14(12(2)3)9-13-6-5-8-16-11-13/h9,12-13,15H,4-8,10-11H2,1-3H3. The van der Waals surface area contributed by atoms with Gasteiger partial charge in [-0.2, -0.15) is 0 Å². The van der Waals surface area contributed by atoms with E-state index >= 15 is 0 Å². The Morgan fingerprint density at radius 2 is 2.31 bits per heavy atom. The lowest BCUT2D eigenvalue weighted by Crippen LogP contribution is -2.22. The van der Waals surface area contributed by atoms with Crippen molar-refractivity contribution in [2.45, 2.75) is 40.0 Å². The van der Waals surface area contributed by atoms with Crippen LogP contribution in [0.25, 0.3) is 0 Å². The minimum absolute atomic E-state index is 0.645. The Balaban J connectivity index is 2.43. The highest BCUT2D eigenvalue weighted by atomic mass is 16.5. The van der Waals surface area contributed by atoms with Gasteiger partial charge in [0.25, 0.3) is 0 Å². The molecule has 0 bridgehead atoms. The second-order valence-corrected chi connectivity index (χ2v) is 5.05. The first-order valence-electron chi connectivity index (χ1n) is 6.73. The van der Waals surface area contributed by atoms with E-state index in [0.29, 0.717) is 11.8 Å². The van der Waals surface area contributed by atoms with Gasteiger partial charge in [-0.05, 0) is 31.7 Å². The zero-order chi connectivity index (χ0) is 11.8. The minimum atomic E-state index is 0.645. The lowest BCUT2D eigenvalue weighted by molar-refractivity contribution is 0.0706. The SMILES string of the molecule is CCCNCC(=CC1CCCOC1)C(C)C. The molecule has 1 aliphatic heterocycles. The van der Waals surface area contributed by atoms with Crippen LogP contribution in [0.15, 0.2) is 11.6 Å². The summed E-state index contributed by atoms with van der Waals surface area (Å²) in [5, 5.41) is 3.50. The molecule has 1 fully saturated rings. The molecule has 0 saturated carbocycles. The van der Waals surface area contributed by atoms with Crippen LogP contribution in [0, 0.1) is 11.8 Å². The maximum absolute atomic E-state index is 5.52. The normalized spacial score (nSPS) is 22.8. The molecular weight excluding hydrogens is 198 g/mol. The van der Waals surface area contributed by atoms with Crippen molar-refractivity contribution in [2.75, 3.05) is 26.3 Å². The smallest absolute Gasteiger partial charge is 0.0528 e. The van der Waals surface area contributed by atoms with Crippen molar-refractivity contribution in [3.05, 3.63) is 11.6 Å². The lowest BCUT2D eigenvalue weighted by atomic mass is 9.94. The molecule has 1 heterocycles. The van der Waals surface area contributed by atoms with E-state index in [1.165, 1.54) is 19.3 Å². The van der Waals surface area contributed by atoms with Crippen molar-refractivity contribution >= 4 is 0 Å². The van der Waals surface area contributed by atoms with E-state index in [0.717, 1.165) is 26.3 Å². The van der Waals surface area contributed by atoms with Crippen LogP contribution in [-0.4, -0.2) is 26.3 Å². The van der Waals surface area contributed by atoms with E-state index in [2.05, 4.69) is 32.2 Å². The Kier molecular flexibility index (Phi) is 6.74. The number of hydrogen-bond acceptors (Lipinski definition) is 2.